The summed E-state index contributed by atoms with van der Waals surface area (Å²) in [5.41, 5.74) is 8.30. The first-order valence-electron chi connectivity index (χ1n) is 5.59. The number of nitrogens with two attached hydrogens (primary N) is 1. The number of rotatable bonds is 1. The minimum Gasteiger partial charge on any atom is -0.361 e. The standard InChI is InChI=1S/C13H14N2O/c14-13(10-5-2-1-3-6-10)8-4-7-12-11(13)9-15-16-12/h1-3,5-6,9H,4,7-8,14H2. The Morgan fingerprint density at radius 3 is 2.88 bits per heavy atom. The van der Waals surface area contributed by atoms with Gasteiger partial charge in [0, 0.05) is 12.0 Å². The molecule has 0 amide bonds. The molecule has 16 heavy (non-hydrogen) atoms. The second kappa shape index (κ2) is 3.46. The number of hydrogen-bond donors (Lipinski definition) is 1. The van der Waals surface area contributed by atoms with Gasteiger partial charge in [-0.2, -0.15) is 0 Å². The van der Waals surface area contributed by atoms with Crippen molar-refractivity contribution >= 4 is 0 Å². The van der Waals surface area contributed by atoms with E-state index in [9.17, 15) is 0 Å². The van der Waals surface area contributed by atoms with Gasteiger partial charge in [0.15, 0.2) is 0 Å². The van der Waals surface area contributed by atoms with E-state index in [1.165, 1.54) is 0 Å². The van der Waals surface area contributed by atoms with Crippen LogP contribution in [0.1, 0.15) is 29.7 Å². The molecule has 1 heterocycles. The van der Waals surface area contributed by atoms with E-state index in [4.69, 9.17) is 10.3 Å². The molecule has 0 spiro atoms. The molecular formula is C13H14N2O. The van der Waals surface area contributed by atoms with Crippen molar-refractivity contribution in [2.75, 3.05) is 0 Å². The van der Waals surface area contributed by atoms with Gasteiger partial charge in [-0.15, -0.1) is 0 Å². The van der Waals surface area contributed by atoms with Crippen molar-refractivity contribution < 1.29 is 4.52 Å². The first-order chi connectivity index (χ1) is 7.81. The minimum absolute atomic E-state index is 0.422. The fourth-order valence-corrected chi connectivity index (χ4v) is 2.51. The van der Waals surface area contributed by atoms with Gasteiger partial charge >= 0.3 is 0 Å². The van der Waals surface area contributed by atoms with Crippen molar-refractivity contribution in [1.29, 1.82) is 0 Å². The van der Waals surface area contributed by atoms with Crippen LogP contribution in [0.2, 0.25) is 0 Å². The molecule has 0 bridgehead atoms. The Labute approximate surface area is 94.2 Å². The number of hydrogen-bond acceptors (Lipinski definition) is 3. The lowest BCUT2D eigenvalue weighted by Gasteiger charge is -2.32. The second-order valence-electron chi connectivity index (χ2n) is 4.35. The van der Waals surface area contributed by atoms with Crippen molar-refractivity contribution in [1.82, 2.24) is 5.16 Å². The van der Waals surface area contributed by atoms with Crippen molar-refractivity contribution in [3.8, 4) is 0 Å². The number of nitrogens with zero attached hydrogens (tertiary/aromatic N) is 1. The monoisotopic (exact) mass is 214 g/mol. The van der Waals surface area contributed by atoms with Crippen LogP contribution >= 0.6 is 0 Å². The maximum Gasteiger partial charge on any atom is 0.142 e. The molecule has 2 aromatic rings. The smallest absolute Gasteiger partial charge is 0.142 e. The molecule has 0 fully saturated rings. The lowest BCUT2D eigenvalue weighted by molar-refractivity contribution is 0.346. The van der Waals surface area contributed by atoms with Gasteiger partial charge in [0.2, 0.25) is 0 Å². The molecular weight excluding hydrogens is 200 g/mol. The van der Waals surface area contributed by atoms with Crippen LogP contribution in [0.5, 0.6) is 0 Å². The van der Waals surface area contributed by atoms with Gasteiger partial charge in [0.05, 0.1) is 11.7 Å². The lowest BCUT2D eigenvalue weighted by atomic mass is 9.76. The normalized spacial score (nSPS) is 24.1. The first kappa shape index (κ1) is 9.60. The molecule has 3 nitrogen and oxygen atoms in total. The fourth-order valence-electron chi connectivity index (χ4n) is 2.51. The SMILES string of the molecule is NC1(c2ccccc2)CCCc2oncc21. The van der Waals surface area contributed by atoms with Gasteiger partial charge in [-0.05, 0) is 18.4 Å². The highest BCUT2D eigenvalue weighted by Gasteiger charge is 2.36. The predicted octanol–water partition coefficient (Wildman–Crippen LogP) is 2.21. The third kappa shape index (κ3) is 1.28. The fraction of sp³-hybridized carbons (Fsp3) is 0.308. The molecule has 1 unspecified atom stereocenters. The Morgan fingerprint density at radius 1 is 1.25 bits per heavy atom. The first-order valence-corrected chi connectivity index (χ1v) is 5.59. The maximum atomic E-state index is 6.54. The summed E-state index contributed by atoms with van der Waals surface area (Å²) in [6.07, 6.45) is 4.71. The zero-order chi connectivity index (χ0) is 11.0. The number of benzene rings is 1. The summed E-state index contributed by atoms with van der Waals surface area (Å²) in [7, 11) is 0. The van der Waals surface area contributed by atoms with Crippen LogP contribution in [0.15, 0.2) is 41.1 Å². The van der Waals surface area contributed by atoms with E-state index >= 15 is 0 Å². The van der Waals surface area contributed by atoms with Gasteiger partial charge in [0.25, 0.3) is 0 Å². The molecule has 1 aromatic heterocycles. The Bertz CT molecular complexity index is 492. The highest BCUT2D eigenvalue weighted by molar-refractivity contribution is 5.39. The van der Waals surface area contributed by atoms with Gasteiger partial charge < -0.3 is 10.3 Å². The van der Waals surface area contributed by atoms with E-state index < -0.39 is 5.54 Å². The number of aromatic nitrogens is 1. The largest absolute Gasteiger partial charge is 0.361 e. The molecule has 0 saturated carbocycles. The van der Waals surface area contributed by atoms with Gasteiger partial charge in [-0.3, -0.25) is 0 Å². The average molecular weight is 214 g/mol. The molecule has 0 radical (unpaired) electrons. The molecule has 1 aliphatic carbocycles. The van der Waals surface area contributed by atoms with Crippen LogP contribution in [0, 0.1) is 0 Å². The zero-order valence-corrected chi connectivity index (χ0v) is 9.02. The molecule has 3 rings (SSSR count). The van der Waals surface area contributed by atoms with Crippen molar-refractivity contribution in [3.05, 3.63) is 53.4 Å². The van der Waals surface area contributed by atoms with E-state index in [-0.39, 0.29) is 0 Å². The van der Waals surface area contributed by atoms with Crippen LogP contribution in [0.4, 0.5) is 0 Å². The maximum absolute atomic E-state index is 6.54. The van der Waals surface area contributed by atoms with Crippen LogP contribution in [-0.2, 0) is 12.0 Å². The number of aryl methyl sites for hydroxylation is 1. The highest BCUT2D eigenvalue weighted by atomic mass is 16.5. The quantitative estimate of drug-likeness (QED) is 0.791. The third-order valence-electron chi connectivity index (χ3n) is 3.39. The summed E-state index contributed by atoms with van der Waals surface area (Å²) >= 11 is 0. The van der Waals surface area contributed by atoms with E-state index in [1.54, 1.807) is 6.20 Å². The summed E-state index contributed by atoms with van der Waals surface area (Å²) in [5, 5.41) is 3.87. The molecule has 82 valence electrons. The van der Waals surface area contributed by atoms with E-state index in [0.717, 1.165) is 36.1 Å². The minimum atomic E-state index is -0.422. The van der Waals surface area contributed by atoms with Crippen molar-refractivity contribution in [2.24, 2.45) is 5.73 Å². The highest BCUT2D eigenvalue weighted by Crippen LogP contribution is 2.38. The summed E-state index contributed by atoms with van der Waals surface area (Å²) in [4.78, 5) is 0. The summed E-state index contributed by atoms with van der Waals surface area (Å²) in [5.74, 6) is 0.942. The van der Waals surface area contributed by atoms with Gasteiger partial charge in [-0.1, -0.05) is 35.5 Å². The number of fused-ring (bicyclic) bond motifs is 1. The Morgan fingerprint density at radius 2 is 2.06 bits per heavy atom. The second-order valence-corrected chi connectivity index (χ2v) is 4.35. The Balaban J connectivity index is 2.14. The molecule has 2 N–H and O–H groups in total. The van der Waals surface area contributed by atoms with Crippen LogP contribution in [0.3, 0.4) is 0 Å². The Kier molecular flexibility index (Phi) is 2.07. The average Bonchev–Trinajstić information content (AvgIpc) is 2.80. The lowest BCUT2D eigenvalue weighted by Crippen LogP contribution is -2.40. The van der Waals surface area contributed by atoms with E-state index in [0.29, 0.717) is 0 Å². The van der Waals surface area contributed by atoms with E-state index in [1.807, 2.05) is 18.2 Å². The topological polar surface area (TPSA) is 52.0 Å². The van der Waals surface area contributed by atoms with Gasteiger partial charge in [0.1, 0.15) is 5.76 Å². The molecule has 3 heteroatoms. The molecule has 0 saturated heterocycles. The van der Waals surface area contributed by atoms with Gasteiger partial charge in [-0.25, -0.2) is 0 Å². The molecule has 1 aromatic carbocycles. The van der Waals surface area contributed by atoms with Crippen molar-refractivity contribution in [3.63, 3.8) is 0 Å². The third-order valence-corrected chi connectivity index (χ3v) is 3.39. The Hall–Kier alpha value is -1.61. The zero-order valence-electron chi connectivity index (χ0n) is 9.02. The summed E-state index contributed by atoms with van der Waals surface area (Å²) < 4.78 is 5.24. The summed E-state index contributed by atoms with van der Waals surface area (Å²) in [6.45, 7) is 0. The predicted molar refractivity (Wildman–Crippen MR) is 60.9 cm³/mol. The van der Waals surface area contributed by atoms with E-state index in [2.05, 4.69) is 17.3 Å². The van der Waals surface area contributed by atoms with Crippen molar-refractivity contribution in [2.45, 2.75) is 24.8 Å². The summed E-state index contributed by atoms with van der Waals surface area (Å²) in [6, 6.07) is 10.2. The van der Waals surface area contributed by atoms with Crippen LogP contribution < -0.4 is 5.73 Å². The van der Waals surface area contributed by atoms with Crippen LogP contribution in [0.25, 0.3) is 0 Å². The van der Waals surface area contributed by atoms with Crippen LogP contribution in [-0.4, -0.2) is 5.16 Å². The molecule has 1 aliphatic rings. The molecule has 1 atom stereocenters. The molecule has 0 aliphatic heterocycles.